The third kappa shape index (κ3) is 3.12. The Morgan fingerprint density at radius 2 is 2.12 bits per heavy atom. The van der Waals surface area contributed by atoms with E-state index in [4.69, 9.17) is 16.9 Å². The van der Waals surface area contributed by atoms with Crippen LogP contribution in [0.4, 0.5) is 9.18 Å². The van der Waals surface area contributed by atoms with Crippen molar-refractivity contribution in [2.75, 3.05) is 12.8 Å². The van der Waals surface area contributed by atoms with Crippen LogP contribution < -0.4 is 5.73 Å². The van der Waals surface area contributed by atoms with Crippen molar-refractivity contribution in [3.05, 3.63) is 35.1 Å². The van der Waals surface area contributed by atoms with E-state index in [1.54, 1.807) is 20.8 Å². The first kappa shape index (κ1) is 18.9. The molecule has 0 fully saturated rings. The molecule has 2 rings (SSSR count). The number of benzene rings is 1. The molecular formula is C17H20FN3O3S. The number of terminal acetylenes is 1. The number of nitrogens with two attached hydrogens (primary N) is 1. The highest BCUT2D eigenvalue weighted by Gasteiger charge is 2.50. The zero-order chi connectivity index (χ0) is 19.0. The summed E-state index contributed by atoms with van der Waals surface area (Å²) in [5.74, 6) is 1.68. The molecule has 6 nitrogen and oxygen atoms in total. The Morgan fingerprint density at radius 1 is 1.48 bits per heavy atom. The predicted molar refractivity (Wildman–Crippen MR) is 95.2 cm³/mol. The molecule has 25 heavy (non-hydrogen) atoms. The number of primary amides is 1. The minimum Gasteiger partial charge on any atom is -0.394 e. The number of hydrogen-bond acceptors (Lipinski definition) is 5. The molecule has 0 aliphatic carbocycles. The number of carbonyl (C=O) groups is 1. The SMILES string of the molecule is C#Cc1ccc(F)c([C@]2(C)C[S@](=O)(=NC)C(C)(C)C(OC(N)=O)=N2)c1. The van der Waals surface area contributed by atoms with Gasteiger partial charge in [-0.25, -0.2) is 22.7 Å². The largest absolute Gasteiger partial charge is 0.411 e. The highest BCUT2D eigenvalue weighted by molar-refractivity contribution is 7.95. The summed E-state index contributed by atoms with van der Waals surface area (Å²) in [7, 11) is -1.54. The quantitative estimate of drug-likeness (QED) is 0.774. The van der Waals surface area contributed by atoms with Crippen molar-refractivity contribution in [1.29, 1.82) is 0 Å². The number of aliphatic imine (C=N–C) groups is 1. The van der Waals surface area contributed by atoms with Crippen molar-refractivity contribution in [1.82, 2.24) is 0 Å². The summed E-state index contributed by atoms with van der Waals surface area (Å²) in [5.41, 5.74) is 4.43. The number of ether oxygens (including phenoxy) is 1. The summed E-state index contributed by atoms with van der Waals surface area (Å²) >= 11 is 0. The van der Waals surface area contributed by atoms with E-state index in [1.807, 2.05) is 0 Å². The molecule has 1 aromatic carbocycles. The highest BCUT2D eigenvalue weighted by atomic mass is 32.2. The van der Waals surface area contributed by atoms with Crippen LogP contribution >= 0.6 is 0 Å². The maximum Gasteiger partial charge on any atom is 0.411 e. The van der Waals surface area contributed by atoms with E-state index in [1.165, 1.54) is 25.2 Å². The van der Waals surface area contributed by atoms with Gasteiger partial charge in [0.25, 0.3) is 0 Å². The van der Waals surface area contributed by atoms with Crippen molar-refractivity contribution in [2.45, 2.75) is 31.1 Å². The molecule has 0 radical (unpaired) electrons. The van der Waals surface area contributed by atoms with Crippen molar-refractivity contribution in [3.63, 3.8) is 0 Å². The van der Waals surface area contributed by atoms with Gasteiger partial charge in [0, 0.05) is 18.2 Å². The summed E-state index contributed by atoms with van der Waals surface area (Å²) in [6.07, 6.45) is 4.30. The van der Waals surface area contributed by atoms with Gasteiger partial charge in [0.1, 0.15) is 16.1 Å². The van der Waals surface area contributed by atoms with Gasteiger partial charge in [-0.05, 0) is 39.0 Å². The summed E-state index contributed by atoms with van der Waals surface area (Å²) < 4.78 is 35.8. The Kier molecular flexibility index (Phi) is 4.66. The molecule has 1 heterocycles. The topological polar surface area (TPSA) is 94.1 Å². The second-order valence-corrected chi connectivity index (χ2v) is 9.38. The summed E-state index contributed by atoms with van der Waals surface area (Å²) in [6.45, 7) is 4.78. The Labute approximate surface area is 146 Å². The van der Waals surface area contributed by atoms with Crippen molar-refractivity contribution >= 4 is 21.7 Å². The van der Waals surface area contributed by atoms with E-state index in [9.17, 15) is 13.4 Å². The van der Waals surface area contributed by atoms with Crippen LogP contribution in [-0.4, -0.2) is 33.7 Å². The minimum absolute atomic E-state index is 0.0555. The Balaban J connectivity index is 2.79. The number of hydrogen-bond donors (Lipinski definition) is 1. The monoisotopic (exact) mass is 365 g/mol. The molecule has 8 heteroatoms. The molecule has 1 amide bonds. The van der Waals surface area contributed by atoms with Crippen LogP contribution in [0, 0.1) is 18.2 Å². The summed E-state index contributed by atoms with van der Waals surface area (Å²) in [4.78, 5) is 15.7. The molecular weight excluding hydrogens is 345 g/mol. The highest BCUT2D eigenvalue weighted by Crippen LogP contribution is 2.40. The molecule has 1 aliphatic heterocycles. The first-order valence-corrected chi connectivity index (χ1v) is 9.14. The molecule has 0 aromatic heterocycles. The van der Waals surface area contributed by atoms with E-state index in [0.717, 1.165) is 0 Å². The maximum atomic E-state index is 14.5. The van der Waals surface area contributed by atoms with Crippen LogP contribution in [0.3, 0.4) is 0 Å². The second-order valence-electron chi connectivity index (χ2n) is 6.43. The maximum absolute atomic E-state index is 14.5. The van der Waals surface area contributed by atoms with Crippen molar-refractivity contribution < 1.29 is 18.1 Å². The van der Waals surface area contributed by atoms with Gasteiger partial charge in [-0.2, -0.15) is 0 Å². The van der Waals surface area contributed by atoms with E-state index < -0.39 is 31.9 Å². The smallest absolute Gasteiger partial charge is 0.394 e. The standard InChI is InChI=1S/C17H20FN3O3S/c1-6-11-7-8-13(18)12(9-11)17(4)10-25(23,20-5)16(2,3)14(21-17)24-15(19)22/h1,7-9H,10H2,2-5H3,(H2,19,22)/t17-,25+/m0/s1. The van der Waals surface area contributed by atoms with E-state index in [2.05, 4.69) is 15.3 Å². The first-order valence-electron chi connectivity index (χ1n) is 7.46. The third-order valence-corrected chi connectivity index (χ3v) is 7.66. The van der Waals surface area contributed by atoms with E-state index in [-0.39, 0.29) is 17.2 Å². The third-order valence-electron chi connectivity index (χ3n) is 4.34. The van der Waals surface area contributed by atoms with Crippen LogP contribution in [0.1, 0.15) is 31.9 Å². The number of halogens is 1. The van der Waals surface area contributed by atoms with Gasteiger partial charge >= 0.3 is 6.09 Å². The van der Waals surface area contributed by atoms with Crippen molar-refractivity contribution in [2.24, 2.45) is 15.1 Å². The molecule has 0 bridgehead atoms. The van der Waals surface area contributed by atoms with Gasteiger partial charge in [-0.15, -0.1) is 6.42 Å². The number of carbonyl (C=O) groups excluding carboxylic acids is 1. The number of rotatable bonds is 1. The molecule has 0 unspecified atom stereocenters. The molecule has 134 valence electrons. The fraction of sp³-hybridized carbons (Fsp3) is 0.412. The van der Waals surface area contributed by atoms with Crippen LogP contribution in [0.2, 0.25) is 0 Å². The normalized spacial score (nSPS) is 27.8. The van der Waals surface area contributed by atoms with E-state index in [0.29, 0.717) is 5.56 Å². The number of nitrogens with zero attached hydrogens (tertiary/aromatic N) is 2. The van der Waals surface area contributed by atoms with Crippen LogP contribution in [0.5, 0.6) is 0 Å². The van der Waals surface area contributed by atoms with Gasteiger partial charge < -0.3 is 10.5 Å². The average Bonchev–Trinajstić information content (AvgIpc) is 2.52. The Hall–Kier alpha value is -2.40. The first-order chi connectivity index (χ1) is 11.5. The molecule has 0 saturated heterocycles. The molecule has 1 aromatic rings. The summed E-state index contributed by atoms with van der Waals surface area (Å²) in [6, 6.07) is 4.15. The fourth-order valence-electron chi connectivity index (χ4n) is 2.79. The average molecular weight is 365 g/mol. The molecule has 2 N–H and O–H groups in total. The van der Waals surface area contributed by atoms with E-state index >= 15 is 0 Å². The lowest BCUT2D eigenvalue weighted by Gasteiger charge is -2.40. The second kappa shape index (κ2) is 6.15. The molecule has 0 saturated carbocycles. The Bertz CT molecular complexity index is 924. The van der Waals surface area contributed by atoms with Crippen LogP contribution in [0.25, 0.3) is 0 Å². The minimum atomic E-state index is -2.95. The van der Waals surface area contributed by atoms with Crippen LogP contribution in [-0.2, 0) is 20.0 Å². The van der Waals surface area contributed by atoms with Gasteiger partial charge in [-0.1, -0.05) is 5.92 Å². The zero-order valence-electron chi connectivity index (χ0n) is 14.5. The lowest BCUT2D eigenvalue weighted by atomic mass is 9.92. The zero-order valence-corrected chi connectivity index (χ0v) is 15.3. The lowest BCUT2D eigenvalue weighted by molar-refractivity contribution is 0.204. The van der Waals surface area contributed by atoms with Gasteiger partial charge in [0.15, 0.2) is 0 Å². The van der Waals surface area contributed by atoms with Gasteiger partial charge in [-0.3, -0.25) is 0 Å². The lowest BCUT2D eigenvalue weighted by Crippen LogP contribution is -2.53. The van der Waals surface area contributed by atoms with Crippen LogP contribution in [0.15, 0.2) is 27.6 Å². The number of amides is 1. The predicted octanol–water partition coefficient (Wildman–Crippen LogP) is 2.41. The summed E-state index contributed by atoms with van der Waals surface area (Å²) in [5, 5.41) is 0. The van der Waals surface area contributed by atoms with Crippen molar-refractivity contribution in [3.8, 4) is 12.3 Å². The van der Waals surface area contributed by atoms with Gasteiger partial charge in [0.05, 0.1) is 15.5 Å². The molecule has 1 aliphatic rings. The molecule has 0 spiro atoms. The Morgan fingerprint density at radius 3 is 2.64 bits per heavy atom. The fourth-order valence-corrected chi connectivity index (χ4v) is 5.08. The molecule has 2 atom stereocenters. The van der Waals surface area contributed by atoms with Gasteiger partial charge in [0.2, 0.25) is 5.90 Å².